The van der Waals surface area contributed by atoms with Crippen molar-refractivity contribution in [2.24, 2.45) is 0 Å². The number of thiazole rings is 1. The predicted octanol–water partition coefficient (Wildman–Crippen LogP) is 4.62. The van der Waals surface area contributed by atoms with Crippen molar-refractivity contribution in [2.75, 3.05) is 7.11 Å². The van der Waals surface area contributed by atoms with Gasteiger partial charge in [0.2, 0.25) is 0 Å². The van der Waals surface area contributed by atoms with Gasteiger partial charge in [-0.15, -0.1) is 22.9 Å². The number of para-hydroxylation sites is 1. The van der Waals surface area contributed by atoms with Gasteiger partial charge in [0.05, 0.1) is 17.3 Å². The van der Waals surface area contributed by atoms with Gasteiger partial charge in [0.1, 0.15) is 11.6 Å². The largest absolute Gasteiger partial charge is 0.493 e. The molecular formula is C16H14ClNO2S. The van der Waals surface area contributed by atoms with Gasteiger partial charge in [-0.05, 0) is 29.8 Å². The molecule has 3 rings (SSSR count). The summed E-state index contributed by atoms with van der Waals surface area (Å²) in [5, 5.41) is 0.944. The first-order chi connectivity index (χ1) is 10.3. The standard InChI is InChI=1S/C16H14ClNO2S/c1-19-14-8-11(9-17)6-7-13(14)20-10-16-18-12-4-2-3-5-15(12)21-16/h2-8H,9-10H2,1H3. The molecule has 0 aliphatic rings. The van der Waals surface area contributed by atoms with Crippen molar-refractivity contribution in [3.05, 3.63) is 53.0 Å². The van der Waals surface area contributed by atoms with E-state index in [-0.39, 0.29) is 0 Å². The number of halogens is 1. The smallest absolute Gasteiger partial charge is 0.161 e. The topological polar surface area (TPSA) is 31.4 Å². The summed E-state index contributed by atoms with van der Waals surface area (Å²) in [6.07, 6.45) is 0. The molecule has 21 heavy (non-hydrogen) atoms. The third kappa shape index (κ3) is 3.12. The van der Waals surface area contributed by atoms with Crippen LogP contribution in [0.4, 0.5) is 0 Å². The molecule has 0 bridgehead atoms. The first kappa shape index (κ1) is 14.2. The number of rotatable bonds is 5. The molecule has 0 N–H and O–H groups in total. The molecule has 0 aliphatic carbocycles. The second-order valence-electron chi connectivity index (χ2n) is 4.48. The average molecular weight is 320 g/mol. The summed E-state index contributed by atoms with van der Waals surface area (Å²) in [7, 11) is 1.62. The summed E-state index contributed by atoms with van der Waals surface area (Å²) in [6, 6.07) is 13.8. The van der Waals surface area contributed by atoms with E-state index in [2.05, 4.69) is 11.1 Å². The first-order valence-electron chi connectivity index (χ1n) is 6.50. The molecular weight excluding hydrogens is 306 g/mol. The van der Waals surface area contributed by atoms with E-state index in [0.717, 1.165) is 16.1 Å². The van der Waals surface area contributed by atoms with Gasteiger partial charge in [0.25, 0.3) is 0 Å². The molecule has 5 heteroatoms. The average Bonchev–Trinajstić information content (AvgIpc) is 2.95. The highest BCUT2D eigenvalue weighted by Crippen LogP contribution is 2.30. The third-order valence-electron chi connectivity index (χ3n) is 3.07. The van der Waals surface area contributed by atoms with Crippen LogP contribution < -0.4 is 9.47 Å². The van der Waals surface area contributed by atoms with E-state index in [1.165, 1.54) is 4.70 Å². The Morgan fingerprint density at radius 2 is 2.00 bits per heavy atom. The Bertz CT molecular complexity index is 724. The molecule has 0 amide bonds. The zero-order chi connectivity index (χ0) is 14.7. The van der Waals surface area contributed by atoms with Gasteiger partial charge in [-0.2, -0.15) is 0 Å². The number of fused-ring (bicyclic) bond motifs is 1. The van der Waals surface area contributed by atoms with Crippen LogP contribution in [0.3, 0.4) is 0 Å². The fourth-order valence-corrected chi connectivity index (χ4v) is 3.08. The molecule has 1 heterocycles. The number of ether oxygens (including phenoxy) is 2. The lowest BCUT2D eigenvalue weighted by Gasteiger charge is -2.10. The van der Waals surface area contributed by atoms with E-state index in [9.17, 15) is 0 Å². The normalized spacial score (nSPS) is 10.8. The van der Waals surface area contributed by atoms with E-state index in [0.29, 0.717) is 24.0 Å². The van der Waals surface area contributed by atoms with Gasteiger partial charge in [-0.25, -0.2) is 4.98 Å². The molecule has 0 saturated heterocycles. The zero-order valence-corrected chi connectivity index (χ0v) is 13.1. The molecule has 0 fully saturated rings. The molecule has 0 unspecified atom stereocenters. The van der Waals surface area contributed by atoms with E-state index in [1.54, 1.807) is 18.4 Å². The number of hydrogen-bond donors (Lipinski definition) is 0. The molecule has 1 aromatic heterocycles. The van der Waals surface area contributed by atoms with Crippen LogP contribution in [0.25, 0.3) is 10.2 Å². The molecule has 3 nitrogen and oxygen atoms in total. The molecule has 0 spiro atoms. The summed E-state index contributed by atoms with van der Waals surface area (Å²) < 4.78 is 12.3. The Morgan fingerprint density at radius 3 is 2.76 bits per heavy atom. The van der Waals surface area contributed by atoms with Crippen molar-refractivity contribution in [1.29, 1.82) is 0 Å². The third-order valence-corrected chi connectivity index (χ3v) is 4.39. The number of benzene rings is 2. The number of nitrogens with zero attached hydrogens (tertiary/aromatic N) is 1. The second kappa shape index (κ2) is 6.33. The minimum absolute atomic E-state index is 0.427. The summed E-state index contributed by atoms with van der Waals surface area (Å²) in [4.78, 5) is 4.55. The van der Waals surface area contributed by atoms with Crippen LogP contribution >= 0.6 is 22.9 Å². The van der Waals surface area contributed by atoms with E-state index in [1.807, 2.05) is 36.4 Å². The van der Waals surface area contributed by atoms with Gasteiger partial charge in [0.15, 0.2) is 11.5 Å². The Balaban J connectivity index is 1.77. The van der Waals surface area contributed by atoms with Gasteiger partial charge < -0.3 is 9.47 Å². The Hall–Kier alpha value is -1.78. The van der Waals surface area contributed by atoms with Gasteiger partial charge in [0, 0.05) is 5.88 Å². The number of hydrogen-bond acceptors (Lipinski definition) is 4. The fourth-order valence-electron chi connectivity index (χ4n) is 2.04. The molecule has 108 valence electrons. The van der Waals surface area contributed by atoms with Crippen LogP contribution in [0.15, 0.2) is 42.5 Å². The Labute approximate surface area is 132 Å². The van der Waals surface area contributed by atoms with Gasteiger partial charge in [-0.3, -0.25) is 0 Å². The first-order valence-corrected chi connectivity index (χ1v) is 7.85. The van der Waals surface area contributed by atoms with Crippen LogP contribution in [-0.2, 0) is 12.5 Å². The second-order valence-corrected chi connectivity index (χ2v) is 5.87. The summed E-state index contributed by atoms with van der Waals surface area (Å²) in [6.45, 7) is 0.427. The van der Waals surface area contributed by atoms with Crippen molar-refractivity contribution in [3.8, 4) is 11.5 Å². The molecule has 0 aliphatic heterocycles. The number of alkyl halides is 1. The maximum absolute atomic E-state index is 5.82. The molecule has 0 saturated carbocycles. The van der Waals surface area contributed by atoms with Gasteiger partial charge >= 0.3 is 0 Å². The van der Waals surface area contributed by atoms with Gasteiger partial charge in [-0.1, -0.05) is 18.2 Å². The molecule has 3 aromatic rings. The van der Waals surface area contributed by atoms with Crippen molar-refractivity contribution in [3.63, 3.8) is 0 Å². The van der Waals surface area contributed by atoms with Crippen molar-refractivity contribution >= 4 is 33.2 Å². The molecule has 0 atom stereocenters. The van der Waals surface area contributed by atoms with Crippen LogP contribution in [0.2, 0.25) is 0 Å². The van der Waals surface area contributed by atoms with Crippen molar-refractivity contribution in [1.82, 2.24) is 4.98 Å². The number of aromatic nitrogens is 1. The van der Waals surface area contributed by atoms with Crippen LogP contribution in [0, 0.1) is 0 Å². The lowest BCUT2D eigenvalue weighted by molar-refractivity contribution is 0.284. The molecule has 2 aromatic carbocycles. The van der Waals surface area contributed by atoms with Crippen molar-refractivity contribution in [2.45, 2.75) is 12.5 Å². The van der Waals surface area contributed by atoms with E-state index >= 15 is 0 Å². The number of methoxy groups -OCH3 is 1. The fraction of sp³-hybridized carbons (Fsp3) is 0.188. The lowest BCUT2D eigenvalue weighted by Crippen LogP contribution is -1.97. The van der Waals surface area contributed by atoms with E-state index < -0.39 is 0 Å². The monoisotopic (exact) mass is 319 g/mol. The van der Waals surface area contributed by atoms with Crippen LogP contribution in [-0.4, -0.2) is 12.1 Å². The lowest BCUT2D eigenvalue weighted by atomic mass is 10.2. The maximum Gasteiger partial charge on any atom is 0.161 e. The van der Waals surface area contributed by atoms with Crippen molar-refractivity contribution < 1.29 is 9.47 Å². The summed E-state index contributed by atoms with van der Waals surface area (Å²) in [5.41, 5.74) is 2.01. The van der Waals surface area contributed by atoms with Crippen LogP contribution in [0.1, 0.15) is 10.6 Å². The summed E-state index contributed by atoms with van der Waals surface area (Å²) in [5.74, 6) is 1.84. The Kier molecular flexibility index (Phi) is 4.27. The summed E-state index contributed by atoms with van der Waals surface area (Å²) >= 11 is 7.46. The highest BCUT2D eigenvalue weighted by Gasteiger charge is 2.08. The quantitative estimate of drug-likeness (QED) is 0.643. The maximum atomic E-state index is 5.82. The van der Waals surface area contributed by atoms with E-state index in [4.69, 9.17) is 21.1 Å². The Morgan fingerprint density at radius 1 is 1.14 bits per heavy atom. The molecule has 0 radical (unpaired) electrons. The highest BCUT2D eigenvalue weighted by atomic mass is 35.5. The minimum Gasteiger partial charge on any atom is -0.493 e. The zero-order valence-electron chi connectivity index (χ0n) is 11.5. The minimum atomic E-state index is 0.427. The SMILES string of the molecule is COc1cc(CCl)ccc1OCc1nc2ccccc2s1. The predicted molar refractivity (Wildman–Crippen MR) is 86.5 cm³/mol. The highest BCUT2D eigenvalue weighted by molar-refractivity contribution is 7.18. The van der Waals surface area contributed by atoms with Crippen LogP contribution in [0.5, 0.6) is 11.5 Å².